The lowest BCUT2D eigenvalue weighted by Gasteiger charge is -2.10. The summed E-state index contributed by atoms with van der Waals surface area (Å²) in [5.74, 6) is 1.69. The van der Waals surface area contributed by atoms with Crippen molar-refractivity contribution in [2.45, 2.75) is 26.7 Å². The highest BCUT2D eigenvalue weighted by Crippen LogP contribution is 2.20. The number of hydrogen-bond acceptors (Lipinski definition) is 3. The molecule has 0 bridgehead atoms. The molecule has 0 aromatic carbocycles. The average molecular weight is 194 g/mol. The maximum Gasteiger partial charge on any atom is 0.168 e. The molecule has 0 unspecified atom stereocenters. The van der Waals surface area contributed by atoms with E-state index in [0.717, 1.165) is 24.5 Å². The van der Waals surface area contributed by atoms with E-state index in [1.54, 1.807) is 6.20 Å². The topological polar surface area (TPSA) is 34.2 Å². The van der Waals surface area contributed by atoms with Crippen molar-refractivity contribution in [1.82, 2.24) is 4.98 Å². The molecule has 0 amide bonds. The Morgan fingerprint density at radius 3 is 3.00 bits per heavy atom. The Kier molecular flexibility index (Phi) is 4.83. The molecule has 1 N–H and O–H groups in total. The molecule has 1 heterocycles. The highest BCUT2D eigenvalue weighted by atomic mass is 16.5. The van der Waals surface area contributed by atoms with Gasteiger partial charge in [0.15, 0.2) is 11.6 Å². The molecule has 0 aliphatic carbocycles. The zero-order valence-electron chi connectivity index (χ0n) is 8.92. The molecule has 78 valence electrons. The van der Waals surface area contributed by atoms with E-state index in [0.29, 0.717) is 6.61 Å². The SMILES string of the molecule is CCCCNc1ncccc1OCC. The number of nitrogens with one attached hydrogen (secondary N) is 1. The molecule has 0 aliphatic rings. The van der Waals surface area contributed by atoms with Crippen LogP contribution in [-0.4, -0.2) is 18.1 Å². The molecule has 14 heavy (non-hydrogen) atoms. The average Bonchev–Trinajstić information content (AvgIpc) is 2.21. The third kappa shape index (κ3) is 3.24. The molecule has 3 heteroatoms. The monoisotopic (exact) mass is 194 g/mol. The van der Waals surface area contributed by atoms with Crippen LogP contribution in [0.15, 0.2) is 18.3 Å². The quantitative estimate of drug-likeness (QED) is 0.707. The van der Waals surface area contributed by atoms with Gasteiger partial charge in [0.1, 0.15) is 0 Å². The molecule has 0 saturated heterocycles. The highest BCUT2D eigenvalue weighted by Gasteiger charge is 2.01. The first-order valence-electron chi connectivity index (χ1n) is 5.20. The fraction of sp³-hybridized carbons (Fsp3) is 0.545. The van der Waals surface area contributed by atoms with Gasteiger partial charge in [-0.25, -0.2) is 4.98 Å². The fourth-order valence-corrected chi connectivity index (χ4v) is 1.18. The first kappa shape index (κ1) is 10.8. The van der Waals surface area contributed by atoms with Crippen LogP contribution in [0.4, 0.5) is 5.82 Å². The van der Waals surface area contributed by atoms with Crippen LogP contribution in [0.2, 0.25) is 0 Å². The summed E-state index contributed by atoms with van der Waals surface area (Å²) in [6.45, 7) is 5.77. The van der Waals surface area contributed by atoms with Crippen molar-refractivity contribution in [1.29, 1.82) is 0 Å². The molecule has 3 nitrogen and oxygen atoms in total. The minimum Gasteiger partial charge on any atom is -0.490 e. The maximum atomic E-state index is 5.44. The smallest absolute Gasteiger partial charge is 0.168 e. The van der Waals surface area contributed by atoms with Crippen LogP contribution in [0.25, 0.3) is 0 Å². The lowest BCUT2D eigenvalue weighted by Crippen LogP contribution is -2.05. The van der Waals surface area contributed by atoms with Gasteiger partial charge >= 0.3 is 0 Å². The molecule has 1 aromatic heterocycles. The van der Waals surface area contributed by atoms with Crippen molar-refractivity contribution in [2.24, 2.45) is 0 Å². The molecular formula is C11H18N2O. The summed E-state index contributed by atoms with van der Waals surface area (Å²) in [6, 6.07) is 3.82. The second-order valence-electron chi connectivity index (χ2n) is 3.06. The number of rotatable bonds is 6. The summed E-state index contributed by atoms with van der Waals surface area (Å²) in [5, 5.41) is 3.26. The number of hydrogen-bond donors (Lipinski definition) is 1. The first-order chi connectivity index (χ1) is 6.88. The van der Waals surface area contributed by atoms with Gasteiger partial charge in [0.05, 0.1) is 6.61 Å². The van der Waals surface area contributed by atoms with Gasteiger partial charge in [-0.1, -0.05) is 13.3 Å². The number of pyridine rings is 1. The lowest BCUT2D eigenvalue weighted by molar-refractivity contribution is 0.340. The molecule has 1 rings (SSSR count). The molecule has 0 saturated carbocycles. The van der Waals surface area contributed by atoms with E-state index in [9.17, 15) is 0 Å². The van der Waals surface area contributed by atoms with Gasteiger partial charge in [-0.05, 0) is 25.5 Å². The van der Waals surface area contributed by atoms with E-state index in [1.165, 1.54) is 6.42 Å². The molecule has 0 aliphatic heterocycles. The minimum absolute atomic E-state index is 0.675. The molecule has 0 radical (unpaired) electrons. The molecule has 0 fully saturated rings. The Bertz CT molecular complexity index is 263. The number of ether oxygens (including phenoxy) is 1. The Morgan fingerprint density at radius 2 is 2.29 bits per heavy atom. The van der Waals surface area contributed by atoms with Gasteiger partial charge < -0.3 is 10.1 Å². The van der Waals surface area contributed by atoms with Crippen LogP contribution >= 0.6 is 0 Å². The predicted molar refractivity (Wildman–Crippen MR) is 58.8 cm³/mol. The van der Waals surface area contributed by atoms with Gasteiger partial charge in [0.25, 0.3) is 0 Å². The molecular weight excluding hydrogens is 176 g/mol. The standard InChI is InChI=1S/C11H18N2O/c1-3-5-8-12-11-10(14-4-2)7-6-9-13-11/h6-7,9H,3-5,8H2,1-2H3,(H,12,13). The number of unbranched alkanes of at least 4 members (excludes halogenated alkanes) is 1. The van der Waals surface area contributed by atoms with Crippen molar-refractivity contribution in [3.8, 4) is 5.75 Å². The van der Waals surface area contributed by atoms with E-state index < -0.39 is 0 Å². The Morgan fingerprint density at radius 1 is 1.43 bits per heavy atom. The molecule has 1 aromatic rings. The van der Waals surface area contributed by atoms with Gasteiger partial charge in [-0.3, -0.25) is 0 Å². The van der Waals surface area contributed by atoms with Crippen LogP contribution in [0.5, 0.6) is 5.75 Å². The highest BCUT2D eigenvalue weighted by molar-refractivity contribution is 5.49. The van der Waals surface area contributed by atoms with Gasteiger partial charge in [0.2, 0.25) is 0 Å². The summed E-state index contributed by atoms with van der Waals surface area (Å²) in [7, 11) is 0. The summed E-state index contributed by atoms with van der Waals surface area (Å²) < 4.78 is 5.44. The first-order valence-corrected chi connectivity index (χ1v) is 5.20. The van der Waals surface area contributed by atoms with E-state index in [2.05, 4.69) is 17.2 Å². The van der Waals surface area contributed by atoms with Crippen LogP contribution in [0.3, 0.4) is 0 Å². The van der Waals surface area contributed by atoms with Crippen LogP contribution in [-0.2, 0) is 0 Å². The van der Waals surface area contributed by atoms with E-state index >= 15 is 0 Å². The Balaban J connectivity index is 2.55. The van der Waals surface area contributed by atoms with E-state index in [1.807, 2.05) is 19.1 Å². The van der Waals surface area contributed by atoms with Gasteiger partial charge in [-0.2, -0.15) is 0 Å². The van der Waals surface area contributed by atoms with Crippen molar-refractivity contribution in [3.63, 3.8) is 0 Å². The largest absolute Gasteiger partial charge is 0.490 e. The van der Waals surface area contributed by atoms with E-state index in [4.69, 9.17) is 4.74 Å². The number of nitrogens with zero attached hydrogens (tertiary/aromatic N) is 1. The third-order valence-electron chi connectivity index (χ3n) is 1.89. The Labute approximate surface area is 85.5 Å². The van der Waals surface area contributed by atoms with Crippen LogP contribution in [0, 0.1) is 0 Å². The van der Waals surface area contributed by atoms with Crippen molar-refractivity contribution < 1.29 is 4.74 Å². The number of anilines is 1. The van der Waals surface area contributed by atoms with Crippen LogP contribution < -0.4 is 10.1 Å². The second-order valence-corrected chi connectivity index (χ2v) is 3.06. The van der Waals surface area contributed by atoms with Gasteiger partial charge in [0, 0.05) is 12.7 Å². The summed E-state index contributed by atoms with van der Waals surface area (Å²) in [5.41, 5.74) is 0. The van der Waals surface area contributed by atoms with E-state index in [-0.39, 0.29) is 0 Å². The fourth-order valence-electron chi connectivity index (χ4n) is 1.18. The second kappa shape index (κ2) is 6.24. The maximum absolute atomic E-state index is 5.44. The third-order valence-corrected chi connectivity index (χ3v) is 1.89. The minimum atomic E-state index is 0.675. The zero-order valence-corrected chi connectivity index (χ0v) is 8.92. The normalized spacial score (nSPS) is 9.86. The Hall–Kier alpha value is -1.25. The van der Waals surface area contributed by atoms with Gasteiger partial charge in [-0.15, -0.1) is 0 Å². The van der Waals surface area contributed by atoms with Crippen molar-refractivity contribution >= 4 is 5.82 Å². The lowest BCUT2D eigenvalue weighted by atomic mass is 10.3. The predicted octanol–water partition coefficient (Wildman–Crippen LogP) is 2.69. The zero-order chi connectivity index (χ0) is 10.2. The summed E-state index contributed by atoms with van der Waals surface area (Å²) in [6.07, 6.45) is 4.11. The summed E-state index contributed by atoms with van der Waals surface area (Å²) >= 11 is 0. The number of aromatic nitrogens is 1. The van der Waals surface area contributed by atoms with Crippen molar-refractivity contribution in [2.75, 3.05) is 18.5 Å². The molecule has 0 spiro atoms. The summed E-state index contributed by atoms with van der Waals surface area (Å²) in [4.78, 5) is 4.23. The van der Waals surface area contributed by atoms with Crippen molar-refractivity contribution in [3.05, 3.63) is 18.3 Å². The van der Waals surface area contributed by atoms with Crippen LogP contribution in [0.1, 0.15) is 26.7 Å². The molecule has 0 atom stereocenters.